The topological polar surface area (TPSA) is 268 Å². The summed E-state index contributed by atoms with van der Waals surface area (Å²) in [5, 5.41) is 109. The molecule has 11 N–H and O–H groups in total. The van der Waals surface area contributed by atoms with Gasteiger partial charge in [-0.05, 0) is 12.8 Å². The van der Waals surface area contributed by atoms with Crippen LogP contribution in [0.15, 0.2) is 0 Å². The second kappa shape index (κ2) is 41.2. The van der Waals surface area contributed by atoms with Gasteiger partial charge in [-0.1, -0.05) is 219 Å². The molecule has 0 aromatic rings. The van der Waals surface area contributed by atoms with Crippen LogP contribution in [0.5, 0.6) is 0 Å². The molecule has 0 saturated carbocycles. The molecule has 14 atom stereocenters. The van der Waals surface area contributed by atoms with E-state index in [0.29, 0.717) is 12.8 Å². The Morgan fingerprint density at radius 3 is 1.23 bits per heavy atom. The van der Waals surface area contributed by atoms with Crippen molar-refractivity contribution < 1.29 is 74.8 Å². The summed E-state index contributed by atoms with van der Waals surface area (Å²) >= 11 is 0. The Bertz CT molecular complexity index is 1220. The maximum atomic E-state index is 13.4. The zero-order chi connectivity index (χ0) is 51.4. The van der Waals surface area contributed by atoms with Crippen molar-refractivity contribution in [2.75, 3.05) is 19.8 Å². The molecule has 70 heavy (non-hydrogen) atoms. The van der Waals surface area contributed by atoms with Crippen LogP contribution in [0.2, 0.25) is 0 Å². The number of hydrogen-bond donors (Lipinski definition) is 11. The minimum atomic E-state index is -1.87. The van der Waals surface area contributed by atoms with Crippen molar-refractivity contribution in [3.63, 3.8) is 0 Å². The molecule has 0 radical (unpaired) electrons. The Morgan fingerprint density at radius 2 is 0.829 bits per heavy atom. The number of carbonyl (C=O) groups excluding carboxylic acids is 1. The molecule has 2 rings (SSSR count). The first-order valence-corrected chi connectivity index (χ1v) is 28.5. The zero-order valence-corrected chi connectivity index (χ0v) is 43.8. The third-order valence-corrected chi connectivity index (χ3v) is 14.5. The molecule has 1 amide bonds. The van der Waals surface area contributed by atoms with E-state index in [0.717, 1.165) is 51.4 Å². The molecule has 0 bridgehead atoms. The Morgan fingerprint density at radius 1 is 0.471 bits per heavy atom. The van der Waals surface area contributed by atoms with Gasteiger partial charge in [0.15, 0.2) is 12.6 Å². The number of aliphatic hydroxyl groups is 10. The number of hydrogen-bond acceptors (Lipinski definition) is 15. The molecule has 0 aromatic heterocycles. The van der Waals surface area contributed by atoms with Crippen molar-refractivity contribution in [1.29, 1.82) is 0 Å². The fourth-order valence-electron chi connectivity index (χ4n) is 9.73. The molecule has 2 fully saturated rings. The summed E-state index contributed by atoms with van der Waals surface area (Å²) < 4.78 is 22.9. The minimum Gasteiger partial charge on any atom is -0.394 e. The van der Waals surface area contributed by atoms with Crippen molar-refractivity contribution in [2.45, 2.75) is 318 Å². The summed E-state index contributed by atoms with van der Waals surface area (Å²) in [7, 11) is 0. The number of rotatable bonds is 45. The van der Waals surface area contributed by atoms with Gasteiger partial charge in [0.1, 0.15) is 61.0 Å². The van der Waals surface area contributed by atoms with Crippen molar-refractivity contribution in [2.24, 2.45) is 0 Å². The third kappa shape index (κ3) is 26.9. The van der Waals surface area contributed by atoms with Gasteiger partial charge in [0.05, 0.1) is 32.0 Å². The third-order valence-electron chi connectivity index (χ3n) is 14.5. The average Bonchev–Trinajstić information content (AvgIpc) is 3.36. The number of nitrogens with one attached hydrogen (secondary N) is 1. The second-order valence-electron chi connectivity index (χ2n) is 20.7. The first-order valence-electron chi connectivity index (χ1n) is 28.5. The SMILES string of the molecule is CCCCCCCCCCCCCCCCCCCC(O)C(=O)NC(COC1OC(CO)C(O)C(O)C1OC1OC(CO)C(O)C(O)C1O)C(O)C(O)CCCCCCCCCCCCCCCCC. The van der Waals surface area contributed by atoms with E-state index >= 15 is 0 Å². The van der Waals surface area contributed by atoms with Crippen LogP contribution in [0.3, 0.4) is 0 Å². The monoisotopic (exact) mass is 1010 g/mol. The normalized spacial score (nSPS) is 26.8. The highest BCUT2D eigenvalue weighted by molar-refractivity contribution is 5.80. The zero-order valence-electron chi connectivity index (χ0n) is 43.8. The Kier molecular flexibility index (Phi) is 38.3. The van der Waals surface area contributed by atoms with Crippen molar-refractivity contribution in [1.82, 2.24) is 5.32 Å². The maximum Gasteiger partial charge on any atom is 0.249 e. The van der Waals surface area contributed by atoms with Crippen LogP contribution < -0.4 is 5.32 Å². The smallest absolute Gasteiger partial charge is 0.249 e. The van der Waals surface area contributed by atoms with Gasteiger partial charge in [0.25, 0.3) is 0 Å². The van der Waals surface area contributed by atoms with Crippen LogP contribution in [-0.2, 0) is 23.7 Å². The van der Waals surface area contributed by atoms with E-state index in [1.54, 1.807) is 0 Å². The molecule has 0 aromatic carbocycles. The van der Waals surface area contributed by atoms with Crippen LogP contribution in [0.1, 0.15) is 232 Å². The molecule has 16 nitrogen and oxygen atoms in total. The van der Waals surface area contributed by atoms with E-state index in [1.807, 2.05) is 0 Å². The molecule has 0 spiro atoms. The summed E-state index contributed by atoms with van der Waals surface area (Å²) in [4.78, 5) is 13.4. The lowest BCUT2D eigenvalue weighted by Crippen LogP contribution is -2.65. The van der Waals surface area contributed by atoms with Gasteiger partial charge < -0.3 is 75.3 Å². The number of amides is 1. The van der Waals surface area contributed by atoms with Gasteiger partial charge in [-0.2, -0.15) is 0 Å². The standard InChI is InChI=1S/C54H105NO15/c1-3-5-7-9-11-13-15-17-19-20-22-24-26-28-30-32-34-36-42(59)52(66)55-40(45(60)41(58)35-33-31-29-27-25-23-21-18-16-14-12-10-8-6-4-2)39-67-54-51(49(64)47(62)44(38-57)69-54)70-53-50(65)48(63)46(61)43(37-56)68-53/h40-51,53-54,56-65H,3-39H2,1-2H3,(H,55,66). The van der Waals surface area contributed by atoms with Crippen LogP contribution >= 0.6 is 0 Å². The van der Waals surface area contributed by atoms with Crippen molar-refractivity contribution >= 4 is 5.91 Å². The van der Waals surface area contributed by atoms with Crippen molar-refractivity contribution in [3.8, 4) is 0 Å². The summed E-state index contributed by atoms with van der Waals surface area (Å²) in [6.45, 7) is 2.42. The van der Waals surface area contributed by atoms with Gasteiger partial charge in [-0.3, -0.25) is 4.79 Å². The van der Waals surface area contributed by atoms with E-state index in [4.69, 9.17) is 18.9 Å². The summed E-state index contributed by atoms with van der Waals surface area (Å²) in [5.74, 6) is -0.773. The molecule has 2 aliphatic heterocycles. The molecule has 416 valence electrons. The molecular weight excluding hydrogens is 903 g/mol. The molecule has 2 aliphatic rings. The van der Waals surface area contributed by atoms with Crippen LogP contribution in [-0.4, -0.2) is 163 Å². The molecular formula is C54H105NO15. The molecule has 16 heteroatoms. The number of unbranched alkanes of at least 4 members (excludes halogenated alkanes) is 30. The van der Waals surface area contributed by atoms with Gasteiger partial charge >= 0.3 is 0 Å². The fourth-order valence-corrected chi connectivity index (χ4v) is 9.73. The first-order chi connectivity index (χ1) is 33.9. The highest BCUT2D eigenvalue weighted by Gasteiger charge is 2.51. The van der Waals surface area contributed by atoms with E-state index in [1.165, 1.54) is 141 Å². The quantitative estimate of drug-likeness (QED) is 0.0291. The van der Waals surface area contributed by atoms with E-state index in [2.05, 4.69) is 19.2 Å². The predicted molar refractivity (Wildman–Crippen MR) is 271 cm³/mol. The highest BCUT2D eigenvalue weighted by Crippen LogP contribution is 2.30. The van der Waals surface area contributed by atoms with Gasteiger partial charge in [-0.25, -0.2) is 0 Å². The molecule has 0 aliphatic carbocycles. The van der Waals surface area contributed by atoms with Gasteiger partial charge in [-0.15, -0.1) is 0 Å². The van der Waals surface area contributed by atoms with Crippen LogP contribution in [0.25, 0.3) is 0 Å². The largest absolute Gasteiger partial charge is 0.394 e. The lowest BCUT2D eigenvalue weighted by molar-refractivity contribution is -0.368. The van der Waals surface area contributed by atoms with Crippen molar-refractivity contribution in [3.05, 3.63) is 0 Å². The predicted octanol–water partition coefficient (Wildman–Crippen LogP) is 6.50. The fraction of sp³-hybridized carbons (Fsp3) is 0.981. The lowest BCUT2D eigenvalue weighted by Gasteiger charge is -2.46. The molecule has 14 unspecified atom stereocenters. The summed E-state index contributed by atoms with van der Waals surface area (Å²) in [5.41, 5.74) is 0. The molecule has 2 heterocycles. The van der Waals surface area contributed by atoms with E-state index in [9.17, 15) is 55.9 Å². The van der Waals surface area contributed by atoms with Crippen LogP contribution in [0.4, 0.5) is 0 Å². The number of aliphatic hydroxyl groups excluding tert-OH is 10. The molecule has 2 saturated heterocycles. The summed E-state index contributed by atoms with van der Waals surface area (Å²) in [6, 6.07) is -1.31. The maximum absolute atomic E-state index is 13.4. The number of carbonyl (C=O) groups is 1. The van der Waals surface area contributed by atoms with Crippen LogP contribution in [0, 0.1) is 0 Å². The Balaban J connectivity index is 1.92. The summed E-state index contributed by atoms with van der Waals surface area (Å²) in [6.07, 6.45) is 17.7. The van der Waals surface area contributed by atoms with E-state index < -0.39 is 111 Å². The number of ether oxygens (including phenoxy) is 4. The van der Waals surface area contributed by atoms with E-state index in [-0.39, 0.29) is 12.8 Å². The first kappa shape index (κ1) is 65.0. The minimum absolute atomic E-state index is 0.193. The highest BCUT2D eigenvalue weighted by atomic mass is 16.8. The second-order valence-corrected chi connectivity index (χ2v) is 20.7. The Labute approximate surface area is 422 Å². The average molecular weight is 1010 g/mol. The lowest BCUT2D eigenvalue weighted by atomic mass is 9.97. The van der Waals surface area contributed by atoms with Gasteiger partial charge in [0.2, 0.25) is 5.91 Å². The Hall–Kier alpha value is -1.09. The van der Waals surface area contributed by atoms with Gasteiger partial charge in [0, 0.05) is 0 Å².